The second-order valence-corrected chi connectivity index (χ2v) is 4.56. The van der Waals surface area contributed by atoms with Crippen molar-refractivity contribution in [3.8, 4) is 11.7 Å². The van der Waals surface area contributed by atoms with Gasteiger partial charge in [0.25, 0.3) is 0 Å². The molecule has 0 bridgehead atoms. The first-order valence-electron chi connectivity index (χ1n) is 6.88. The van der Waals surface area contributed by atoms with Gasteiger partial charge in [-0.15, -0.1) is 0 Å². The third kappa shape index (κ3) is 2.39. The van der Waals surface area contributed by atoms with Gasteiger partial charge in [0.2, 0.25) is 5.95 Å². The van der Waals surface area contributed by atoms with E-state index in [0.29, 0.717) is 24.0 Å². The topological polar surface area (TPSA) is 66.2 Å². The molecule has 0 radical (unpaired) electrons. The lowest BCUT2D eigenvalue weighted by molar-refractivity contribution is 0.0517. The number of carbonyl (C=O) groups excluding carboxylic acids is 1. The quantitative estimate of drug-likeness (QED) is 0.692. The summed E-state index contributed by atoms with van der Waals surface area (Å²) in [5, 5.41) is 0.856. The average molecular weight is 297 g/mol. The minimum absolute atomic E-state index is 0.305. The van der Waals surface area contributed by atoms with Crippen LogP contribution in [0.1, 0.15) is 17.4 Å². The lowest BCUT2D eigenvalue weighted by atomic mass is 10.2. The first-order chi connectivity index (χ1) is 10.7. The summed E-state index contributed by atoms with van der Waals surface area (Å²) in [5.74, 6) is 0.727. The fourth-order valence-corrected chi connectivity index (χ4v) is 2.30. The third-order valence-corrected chi connectivity index (χ3v) is 3.25. The van der Waals surface area contributed by atoms with Gasteiger partial charge in [0.15, 0.2) is 0 Å². The van der Waals surface area contributed by atoms with Gasteiger partial charge in [-0.2, -0.15) is 0 Å². The maximum Gasteiger partial charge on any atom is 0.355 e. The molecule has 1 aromatic carbocycles. The summed E-state index contributed by atoms with van der Waals surface area (Å²) in [7, 11) is 1.60. The fraction of sp³-hybridized carbons (Fsp3) is 0.188. The van der Waals surface area contributed by atoms with E-state index in [2.05, 4.69) is 9.97 Å². The molecule has 112 valence electrons. The van der Waals surface area contributed by atoms with Gasteiger partial charge in [-0.25, -0.2) is 14.8 Å². The first-order valence-corrected chi connectivity index (χ1v) is 6.88. The summed E-state index contributed by atoms with van der Waals surface area (Å²) in [4.78, 5) is 20.7. The predicted octanol–water partition coefficient (Wildman–Crippen LogP) is 2.61. The molecule has 0 amide bonds. The highest BCUT2D eigenvalue weighted by molar-refractivity contribution is 5.97. The van der Waals surface area contributed by atoms with Gasteiger partial charge in [0.05, 0.1) is 19.2 Å². The van der Waals surface area contributed by atoms with Crippen molar-refractivity contribution in [3.05, 3.63) is 48.4 Å². The number of nitrogens with zero attached hydrogens (tertiary/aromatic N) is 3. The zero-order valence-corrected chi connectivity index (χ0v) is 12.3. The summed E-state index contributed by atoms with van der Waals surface area (Å²) in [6.45, 7) is 2.08. The summed E-state index contributed by atoms with van der Waals surface area (Å²) < 4.78 is 12.0. The summed E-state index contributed by atoms with van der Waals surface area (Å²) in [5.41, 5.74) is 1.20. The Kier molecular flexibility index (Phi) is 3.74. The molecule has 3 aromatic rings. The Hall–Kier alpha value is -2.89. The van der Waals surface area contributed by atoms with Crippen LogP contribution in [0.15, 0.2) is 42.7 Å². The van der Waals surface area contributed by atoms with Crippen LogP contribution in [0, 0.1) is 0 Å². The molecule has 0 aliphatic rings. The Morgan fingerprint density at radius 1 is 1.23 bits per heavy atom. The third-order valence-electron chi connectivity index (χ3n) is 3.25. The Bertz CT molecular complexity index is 812. The van der Waals surface area contributed by atoms with Gasteiger partial charge in [-0.05, 0) is 37.3 Å². The van der Waals surface area contributed by atoms with E-state index in [-0.39, 0.29) is 0 Å². The minimum Gasteiger partial charge on any atom is -0.497 e. The van der Waals surface area contributed by atoms with Crippen LogP contribution in [0.4, 0.5) is 0 Å². The van der Waals surface area contributed by atoms with Crippen LogP contribution < -0.4 is 4.74 Å². The van der Waals surface area contributed by atoms with Crippen molar-refractivity contribution in [1.82, 2.24) is 14.5 Å². The van der Waals surface area contributed by atoms with Crippen LogP contribution in [0.5, 0.6) is 5.75 Å². The number of rotatable bonds is 4. The van der Waals surface area contributed by atoms with Gasteiger partial charge < -0.3 is 9.47 Å². The van der Waals surface area contributed by atoms with Crippen molar-refractivity contribution in [2.75, 3.05) is 13.7 Å². The smallest absolute Gasteiger partial charge is 0.355 e. The lowest BCUT2D eigenvalue weighted by Crippen LogP contribution is -2.12. The number of ether oxygens (including phenoxy) is 2. The molecule has 6 nitrogen and oxygen atoms in total. The number of aromatic nitrogens is 3. The van der Waals surface area contributed by atoms with Crippen LogP contribution >= 0.6 is 0 Å². The van der Waals surface area contributed by atoms with Crippen molar-refractivity contribution >= 4 is 16.9 Å². The van der Waals surface area contributed by atoms with Gasteiger partial charge in [0.1, 0.15) is 11.4 Å². The molecular weight excluding hydrogens is 282 g/mol. The molecule has 0 unspecified atom stereocenters. The summed E-state index contributed by atoms with van der Waals surface area (Å²) in [6, 6.07) is 9.04. The van der Waals surface area contributed by atoms with Crippen LogP contribution in [0.2, 0.25) is 0 Å². The molecule has 0 saturated heterocycles. The Morgan fingerprint density at radius 2 is 2.00 bits per heavy atom. The van der Waals surface area contributed by atoms with Gasteiger partial charge in [-0.3, -0.25) is 4.57 Å². The van der Waals surface area contributed by atoms with E-state index in [1.807, 2.05) is 18.2 Å². The second kappa shape index (κ2) is 5.85. The molecule has 3 rings (SSSR count). The summed E-state index contributed by atoms with van der Waals surface area (Å²) >= 11 is 0. The molecule has 0 N–H and O–H groups in total. The van der Waals surface area contributed by atoms with Crippen molar-refractivity contribution in [2.24, 2.45) is 0 Å². The predicted molar refractivity (Wildman–Crippen MR) is 81.4 cm³/mol. The van der Waals surface area contributed by atoms with Crippen LogP contribution in [0.3, 0.4) is 0 Å². The number of benzene rings is 1. The molecule has 0 spiro atoms. The van der Waals surface area contributed by atoms with E-state index >= 15 is 0 Å². The highest BCUT2D eigenvalue weighted by Crippen LogP contribution is 2.27. The zero-order chi connectivity index (χ0) is 15.5. The number of hydrogen-bond acceptors (Lipinski definition) is 5. The standard InChI is InChI=1S/C16H15N3O3/c1-3-22-15(20)14-10-11-9-12(21-2)5-6-13(11)19(14)16-17-7-4-8-18-16/h4-10H,3H2,1-2H3. The SMILES string of the molecule is CCOC(=O)c1cc2cc(OC)ccc2n1-c1ncccn1. The molecular formula is C16H15N3O3. The van der Waals surface area contributed by atoms with Crippen LogP contribution in [-0.4, -0.2) is 34.2 Å². The molecule has 0 atom stereocenters. The first kappa shape index (κ1) is 14.1. The van der Waals surface area contributed by atoms with Crippen molar-refractivity contribution in [3.63, 3.8) is 0 Å². The minimum atomic E-state index is -0.412. The normalized spacial score (nSPS) is 10.6. The van der Waals surface area contributed by atoms with Crippen molar-refractivity contribution in [1.29, 1.82) is 0 Å². The van der Waals surface area contributed by atoms with E-state index < -0.39 is 5.97 Å². The van der Waals surface area contributed by atoms with Gasteiger partial charge >= 0.3 is 5.97 Å². The van der Waals surface area contributed by atoms with Crippen LogP contribution in [-0.2, 0) is 4.74 Å². The molecule has 2 aromatic heterocycles. The van der Waals surface area contributed by atoms with E-state index in [1.54, 1.807) is 43.1 Å². The van der Waals surface area contributed by atoms with Gasteiger partial charge in [-0.1, -0.05) is 0 Å². The van der Waals surface area contributed by atoms with Crippen LogP contribution in [0.25, 0.3) is 16.9 Å². The molecule has 2 heterocycles. The maximum absolute atomic E-state index is 12.2. The molecule has 0 saturated carbocycles. The van der Waals surface area contributed by atoms with E-state index in [0.717, 1.165) is 10.9 Å². The molecule has 0 aliphatic carbocycles. The second-order valence-electron chi connectivity index (χ2n) is 4.56. The number of fused-ring (bicyclic) bond motifs is 1. The number of methoxy groups -OCH3 is 1. The highest BCUT2D eigenvalue weighted by atomic mass is 16.5. The monoisotopic (exact) mass is 297 g/mol. The maximum atomic E-state index is 12.2. The Balaban J connectivity index is 2.26. The van der Waals surface area contributed by atoms with E-state index in [9.17, 15) is 4.79 Å². The number of carbonyl (C=O) groups is 1. The van der Waals surface area contributed by atoms with Gasteiger partial charge in [0, 0.05) is 17.8 Å². The molecule has 6 heteroatoms. The Morgan fingerprint density at radius 3 is 2.68 bits per heavy atom. The van der Waals surface area contributed by atoms with Crippen molar-refractivity contribution in [2.45, 2.75) is 6.92 Å². The molecule has 0 fully saturated rings. The lowest BCUT2D eigenvalue weighted by Gasteiger charge is -2.08. The zero-order valence-electron chi connectivity index (χ0n) is 12.3. The average Bonchev–Trinajstić information content (AvgIpc) is 2.94. The fourth-order valence-electron chi connectivity index (χ4n) is 2.30. The largest absolute Gasteiger partial charge is 0.497 e. The van der Waals surface area contributed by atoms with E-state index in [4.69, 9.17) is 9.47 Å². The summed E-state index contributed by atoms with van der Waals surface area (Å²) in [6.07, 6.45) is 3.26. The molecule has 0 aliphatic heterocycles. The Labute approximate surface area is 127 Å². The van der Waals surface area contributed by atoms with Crippen molar-refractivity contribution < 1.29 is 14.3 Å². The highest BCUT2D eigenvalue weighted by Gasteiger charge is 2.19. The number of esters is 1. The number of hydrogen-bond donors (Lipinski definition) is 0. The van der Waals surface area contributed by atoms with E-state index in [1.165, 1.54) is 0 Å². The molecule has 22 heavy (non-hydrogen) atoms.